The molecule has 2 aliphatic heterocycles. The fraction of sp³-hybridized carbons (Fsp3) is 0.593. The molecule has 4 heterocycles. The van der Waals surface area contributed by atoms with E-state index in [1.165, 1.54) is 0 Å². The molecule has 2 aliphatic rings. The van der Waals surface area contributed by atoms with Crippen molar-refractivity contribution >= 4 is 17.2 Å². The van der Waals surface area contributed by atoms with Crippen LogP contribution in [0.5, 0.6) is 5.88 Å². The number of ether oxygens (including phenoxy) is 2. The van der Waals surface area contributed by atoms with Crippen LogP contribution in [0.15, 0.2) is 35.6 Å². The highest BCUT2D eigenvalue weighted by Gasteiger charge is 2.32. The van der Waals surface area contributed by atoms with Gasteiger partial charge in [0.2, 0.25) is 5.88 Å². The lowest BCUT2D eigenvalue weighted by Crippen LogP contribution is -2.59. The number of aliphatic hydroxyl groups is 1. The Bertz CT molecular complexity index is 1000. The number of hydrogen-bond acceptors (Lipinski definition) is 9. The molecule has 1 fully saturated rings. The van der Waals surface area contributed by atoms with E-state index in [4.69, 9.17) is 19.5 Å². The number of pyridine rings is 2. The third-order valence-corrected chi connectivity index (χ3v) is 6.92. The number of fused-ring (bicyclic) bond motifs is 1. The van der Waals surface area contributed by atoms with Crippen LogP contribution >= 0.6 is 0 Å². The number of nitrogens with zero attached hydrogens (tertiary/aromatic N) is 6. The first kappa shape index (κ1) is 26.3. The Kier molecular flexibility index (Phi) is 9.12. The van der Waals surface area contributed by atoms with Gasteiger partial charge in [0.1, 0.15) is 11.5 Å². The largest absolute Gasteiger partial charge is 0.481 e. The molecule has 0 bridgehead atoms. The molecule has 2 aromatic rings. The van der Waals surface area contributed by atoms with Crippen LogP contribution in [0.2, 0.25) is 0 Å². The normalized spacial score (nSPS) is 20.3. The van der Waals surface area contributed by atoms with Crippen molar-refractivity contribution in [2.24, 2.45) is 4.99 Å². The molecule has 9 nitrogen and oxygen atoms in total. The molecular weight excluding hydrogens is 456 g/mol. The summed E-state index contributed by atoms with van der Waals surface area (Å²) >= 11 is 0. The van der Waals surface area contributed by atoms with Crippen LogP contribution < -0.4 is 9.64 Å². The van der Waals surface area contributed by atoms with Gasteiger partial charge in [-0.25, -0.2) is 9.98 Å². The molecule has 36 heavy (non-hydrogen) atoms. The molecule has 1 N–H and O–H groups in total. The third kappa shape index (κ3) is 6.14. The fourth-order valence-corrected chi connectivity index (χ4v) is 5.07. The molecule has 4 rings (SSSR count). The molecule has 2 aromatic heterocycles. The number of aromatic nitrogens is 2. The number of anilines is 1. The lowest BCUT2D eigenvalue weighted by atomic mass is 10.1. The maximum Gasteiger partial charge on any atom is 0.212 e. The maximum atomic E-state index is 9.28. The van der Waals surface area contributed by atoms with E-state index < -0.39 is 0 Å². The van der Waals surface area contributed by atoms with Gasteiger partial charge in [0, 0.05) is 69.3 Å². The minimum Gasteiger partial charge on any atom is -0.481 e. The summed E-state index contributed by atoms with van der Waals surface area (Å²) in [6.45, 7) is 12.6. The average Bonchev–Trinajstić information content (AvgIpc) is 2.90. The van der Waals surface area contributed by atoms with Crippen LogP contribution in [0.25, 0.3) is 11.3 Å². The molecule has 0 spiro atoms. The number of rotatable bonds is 10. The van der Waals surface area contributed by atoms with Crippen LogP contribution in [0.3, 0.4) is 0 Å². The van der Waals surface area contributed by atoms with E-state index in [-0.39, 0.29) is 6.61 Å². The summed E-state index contributed by atoms with van der Waals surface area (Å²) in [4.78, 5) is 21.4. The zero-order valence-electron chi connectivity index (χ0n) is 22.1. The molecule has 2 atom stereocenters. The second-order valence-electron chi connectivity index (χ2n) is 9.63. The summed E-state index contributed by atoms with van der Waals surface area (Å²) in [5, 5.41) is 9.28. The van der Waals surface area contributed by atoms with E-state index in [0.29, 0.717) is 24.6 Å². The summed E-state index contributed by atoms with van der Waals surface area (Å²) < 4.78 is 11.0. The molecular formula is C27H40N6O3. The van der Waals surface area contributed by atoms with E-state index >= 15 is 0 Å². The van der Waals surface area contributed by atoms with Crippen molar-refractivity contribution < 1.29 is 14.6 Å². The van der Waals surface area contributed by atoms with Crippen molar-refractivity contribution in [3.63, 3.8) is 0 Å². The summed E-state index contributed by atoms with van der Waals surface area (Å²) in [7, 11) is 1.61. The van der Waals surface area contributed by atoms with Crippen LogP contribution in [-0.2, 0) is 4.74 Å². The van der Waals surface area contributed by atoms with Gasteiger partial charge in [-0.15, -0.1) is 0 Å². The van der Waals surface area contributed by atoms with E-state index in [9.17, 15) is 5.11 Å². The van der Waals surface area contributed by atoms with Crippen molar-refractivity contribution in [3.8, 4) is 17.1 Å². The number of amidine groups is 1. The number of hydrogen-bond donors (Lipinski definition) is 1. The first-order valence-corrected chi connectivity index (χ1v) is 13.1. The van der Waals surface area contributed by atoms with Crippen molar-refractivity contribution in [1.82, 2.24) is 19.8 Å². The first-order chi connectivity index (χ1) is 17.5. The van der Waals surface area contributed by atoms with Crippen molar-refractivity contribution in [3.05, 3.63) is 30.6 Å². The number of aliphatic imine (C=N–C) groups is 1. The average molecular weight is 497 g/mol. The second-order valence-corrected chi connectivity index (χ2v) is 9.63. The van der Waals surface area contributed by atoms with E-state index in [2.05, 4.69) is 46.5 Å². The van der Waals surface area contributed by atoms with Crippen molar-refractivity contribution in [2.45, 2.75) is 45.7 Å². The lowest BCUT2D eigenvalue weighted by Gasteiger charge is -2.47. The number of methoxy groups -OCH3 is 1. The minimum absolute atomic E-state index is 0.236. The summed E-state index contributed by atoms with van der Waals surface area (Å²) in [5.41, 5.74) is 3.77. The van der Waals surface area contributed by atoms with Gasteiger partial charge < -0.3 is 24.4 Å². The van der Waals surface area contributed by atoms with Gasteiger partial charge in [0.25, 0.3) is 0 Å². The quantitative estimate of drug-likeness (QED) is 0.502. The van der Waals surface area contributed by atoms with Crippen LogP contribution in [0.4, 0.5) is 11.4 Å². The topological polar surface area (TPSA) is 86.6 Å². The van der Waals surface area contributed by atoms with Gasteiger partial charge in [-0.2, -0.15) is 0 Å². The van der Waals surface area contributed by atoms with E-state index in [0.717, 1.165) is 80.6 Å². The Balaban J connectivity index is 1.58. The SMILES string of the molecule is CCCOCCN1CC(N2CC(C)N(CCCO)C(C)C2)=Nc2cnc(-c3ccc(OC)nc3)cc21. The van der Waals surface area contributed by atoms with Gasteiger partial charge >= 0.3 is 0 Å². The van der Waals surface area contributed by atoms with Crippen LogP contribution in [0, 0.1) is 0 Å². The van der Waals surface area contributed by atoms with Crippen molar-refractivity contribution in [2.75, 3.05) is 64.6 Å². The molecule has 0 amide bonds. The van der Waals surface area contributed by atoms with Gasteiger partial charge in [-0.05, 0) is 38.8 Å². The van der Waals surface area contributed by atoms with Gasteiger partial charge in [0.05, 0.1) is 37.8 Å². The Morgan fingerprint density at radius 1 is 1.06 bits per heavy atom. The van der Waals surface area contributed by atoms with Crippen molar-refractivity contribution in [1.29, 1.82) is 0 Å². The highest BCUT2D eigenvalue weighted by Crippen LogP contribution is 2.35. The van der Waals surface area contributed by atoms with Crippen LogP contribution in [0.1, 0.15) is 33.6 Å². The molecule has 0 radical (unpaired) electrons. The van der Waals surface area contributed by atoms with E-state index in [1.54, 1.807) is 13.3 Å². The maximum absolute atomic E-state index is 9.28. The highest BCUT2D eigenvalue weighted by atomic mass is 16.5. The first-order valence-electron chi connectivity index (χ1n) is 13.1. The van der Waals surface area contributed by atoms with E-state index in [1.807, 2.05) is 18.3 Å². The van der Waals surface area contributed by atoms with Gasteiger partial charge in [-0.1, -0.05) is 6.92 Å². The van der Waals surface area contributed by atoms with Gasteiger partial charge in [-0.3, -0.25) is 9.88 Å². The molecule has 1 saturated heterocycles. The monoisotopic (exact) mass is 496 g/mol. The Hall–Kier alpha value is -2.75. The third-order valence-electron chi connectivity index (χ3n) is 6.92. The Labute approximate surface area is 214 Å². The number of piperazine rings is 1. The summed E-state index contributed by atoms with van der Waals surface area (Å²) in [6.07, 6.45) is 5.49. The standard InChI is InChI=1S/C27H40N6O3/c1-5-12-36-13-10-31-19-26(32-17-20(2)33(9-6-11-34)21(3)18-32)30-24-16-28-23(14-25(24)31)22-7-8-27(35-4)29-15-22/h7-8,14-16,20-21,34H,5-6,9-13,17-19H2,1-4H3. The molecule has 2 unspecified atom stereocenters. The highest BCUT2D eigenvalue weighted by molar-refractivity contribution is 5.95. The smallest absolute Gasteiger partial charge is 0.212 e. The predicted molar refractivity (Wildman–Crippen MR) is 143 cm³/mol. The minimum atomic E-state index is 0.236. The molecule has 196 valence electrons. The number of aliphatic hydroxyl groups excluding tert-OH is 1. The molecule has 9 heteroatoms. The zero-order chi connectivity index (χ0) is 25.5. The predicted octanol–water partition coefficient (Wildman–Crippen LogP) is 3.21. The molecule has 0 saturated carbocycles. The Morgan fingerprint density at radius 2 is 1.86 bits per heavy atom. The zero-order valence-corrected chi connectivity index (χ0v) is 22.1. The van der Waals surface area contributed by atoms with Crippen LogP contribution in [-0.4, -0.2) is 102 Å². The lowest BCUT2D eigenvalue weighted by molar-refractivity contribution is 0.0649. The van der Waals surface area contributed by atoms with Gasteiger partial charge in [0.15, 0.2) is 0 Å². The second kappa shape index (κ2) is 12.5. The Morgan fingerprint density at radius 3 is 2.53 bits per heavy atom. The summed E-state index contributed by atoms with van der Waals surface area (Å²) in [5.74, 6) is 1.67. The molecule has 0 aliphatic carbocycles. The summed E-state index contributed by atoms with van der Waals surface area (Å²) in [6, 6.07) is 6.73. The fourth-order valence-electron chi connectivity index (χ4n) is 5.07. The molecule has 0 aromatic carbocycles.